The summed E-state index contributed by atoms with van der Waals surface area (Å²) in [5.41, 5.74) is 2.19. The lowest BCUT2D eigenvalue weighted by Gasteiger charge is -2.71. The molecule has 0 bridgehead atoms. The Bertz CT molecular complexity index is 1160. The van der Waals surface area contributed by atoms with Crippen LogP contribution in [0.2, 0.25) is 0 Å². The summed E-state index contributed by atoms with van der Waals surface area (Å²) >= 11 is 0. The molecule has 262 valence electrons. The summed E-state index contributed by atoms with van der Waals surface area (Å²) in [7, 11) is 0. The van der Waals surface area contributed by atoms with Gasteiger partial charge in [0, 0.05) is 13.0 Å². The van der Waals surface area contributed by atoms with E-state index in [1.807, 2.05) is 0 Å². The van der Waals surface area contributed by atoms with Crippen LogP contribution < -0.4 is 5.32 Å². The highest BCUT2D eigenvalue weighted by atomic mass is 16.4. The second-order valence-corrected chi connectivity index (χ2v) is 19.0. The number of aliphatic hydroxyl groups excluding tert-OH is 1. The second kappa shape index (κ2) is 13.2. The molecule has 5 nitrogen and oxygen atoms in total. The van der Waals surface area contributed by atoms with Gasteiger partial charge in [0.15, 0.2) is 0 Å². The van der Waals surface area contributed by atoms with Crippen molar-refractivity contribution in [1.82, 2.24) is 5.32 Å². The number of rotatable bonds is 12. The molecule has 4 saturated carbocycles. The standard InChI is InChI=1S/C41H69NO4/c1-36(2)23-25-41(35(46)42-27-15-13-11-9-8-10-12-14-16-34(44)45)26-24-39(6)29(30(41)28-36)17-18-32-38(5)21-20-33(43)37(3,4)31(38)19-22-40(32,39)7/h17,30-33,43H,8-16,18-28H2,1-7H3,(H,42,46)(H,44,45)/t30-,31?,32?,33-,38-,39+,40+,41-/m0/s1. The lowest BCUT2D eigenvalue weighted by atomic mass is 9.33. The molecule has 0 aliphatic heterocycles. The zero-order chi connectivity index (χ0) is 33.6. The number of hydrogen-bond donors (Lipinski definition) is 3. The molecule has 0 aromatic rings. The Labute approximate surface area is 281 Å². The number of unbranched alkanes of at least 4 members (excludes halogenated alkanes) is 7. The maximum atomic E-state index is 14.3. The van der Waals surface area contributed by atoms with E-state index in [0.29, 0.717) is 30.1 Å². The summed E-state index contributed by atoms with van der Waals surface area (Å²) in [6.07, 6.45) is 22.5. The Kier molecular flexibility index (Phi) is 10.3. The molecule has 0 aromatic heterocycles. The van der Waals surface area contributed by atoms with Crippen LogP contribution in [0.15, 0.2) is 11.6 Å². The van der Waals surface area contributed by atoms with Crippen LogP contribution in [0, 0.1) is 50.2 Å². The summed E-state index contributed by atoms with van der Waals surface area (Å²) in [4.78, 5) is 25.0. The number of carboxylic acid groups (broad SMARTS) is 1. The summed E-state index contributed by atoms with van der Waals surface area (Å²) in [6.45, 7) is 18.1. The number of allylic oxidation sites excluding steroid dienone is 2. The van der Waals surface area contributed by atoms with Crippen LogP contribution in [0.4, 0.5) is 0 Å². The van der Waals surface area contributed by atoms with Crippen molar-refractivity contribution >= 4 is 11.9 Å². The van der Waals surface area contributed by atoms with Crippen molar-refractivity contribution in [1.29, 1.82) is 0 Å². The maximum absolute atomic E-state index is 14.3. The second-order valence-electron chi connectivity index (χ2n) is 19.0. The number of nitrogens with one attached hydrogen (secondary N) is 1. The molecule has 5 aliphatic rings. The summed E-state index contributed by atoms with van der Waals surface area (Å²) in [6, 6.07) is 0. The van der Waals surface area contributed by atoms with Crippen LogP contribution in [0.3, 0.4) is 0 Å². The van der Waals surface area contributed by atoms with Crippen LogP contribution in [0.25, 0.3) is 0 Å². The first-order valence-corrected chi connectivity index (χ1v) is 19.4. The zero-order valence-corrected chi connectivity index (χ0v) is 30.7. The molecule has 46 heavy (non-hydrogen) atoms. The highest BCUT2D eigenvalue weighted by molar-refractivity contribution is 5.84. The highest BCUT2D eigenvalue weighted by Gasteiger charge is 2.69. The van der Waals surface area contributed by atoms with Crippen LogP contribution >= 0.6 is 0 Å². The summed E-state index contributed by atoms with van der Waals surface area (Å²) in [5, 5.41) is 23.3. The van der Waals surface area contributed by atoms with E-state index in [0.717, 1.165) is 90.0 Å². The third kappa shape index (κ3) is 6.15. The number of aliphatic carboxylic acids is 1. The van der Waals surface area contributed by atoms with Gasteiger partial charge in [-0.15, -0.1) is 0 Å². The third-order valence-corrected chi connectivity index (χ3v) is 15.7. The van der Waals surface area contributed by atoms with Crippen molar-refractivity contribution in [3.8, 4) is 0 Å². The molecule has 3 N–H and O–H groups in total. The fourth-order valence-corrected chi connectivity index (χ4v) is 12.5. The predicted molar refractivity (Wildman–Crippen MR) is 187 cm³/mol. The first-order valence-electron chi connectivity index (χ1n) is 19.4. The topological polar surface area (TPSA) is 86.6 Å². The molecular weight excluding hydrogens is 570 g/mol. The predicted octanol–water partition coefficient (Wildman–Crippen LogP) is 9.86. The van der Waals surface area contributed by atoms with Crippen LogP contribution in [-0.2, 0) is 9.59 Å². The van der Waals surface area contributed by atoms with Crippen LogP contribution in [0.5, 0.6) is 0 Å². The Hall–Kier alpha value is -1.36. The van der Waals surface area contributed by atoms with E-state index in [1.54, 1.807) is 5.57 Å². The number of carboxylic acids is 1. The van der Waals surface area contributed by atoms with Gasteiger partial charge in [-0.05, 0) is 122 Å². The van der Waals surface area contributed by atoms with E-state index in [-0.39, 0.29) is 38.6 Å². The van der Waals surface area contributed by atoms with Crippen LogP contribution in [0.1, 0.15) is 170 Å². The van der Waals surface area contributed by atoms with E-state index in [4.69, 9.17) is 5.11 Å². The molecule has 1 amide bonds. The highest BCUT2D eigenvalue weighted by Crippen LogP contribution is 2.75. The van der Waals surface area contributed by atoms with E-state index >= 15 is 0 Å². The smallest absolute Gasteiger partial charge is 0.303 e. The SMILES string of the molecule is CC1(C)CC[C@]2(C(=O)NCCCCCCCCCCC(=O)O)CC[C@]3(C)C(=CCC4[C@@]5(C)CC[C@H](O)C(C)(C)C5CC[C@]43C)[C@@H]2C1. The fraction of sp³-hybridized carbons (Fsp3) is 0.902. The quantitative estimate of drug-likeness (QED) is 0.147. The maximum Gasteiger partial charge on any atom is 0.303 e. The van der Waals surface area contributed by atoms with Crippen molar-refractivity contribution in [2.24, 2.45) is 50.2 Å². The summed E-state index contributed by atoms with van der Waals surface area (Å²) in [5.74, 6) is 1.17. The van der Waals surface area contributed by atoms with E-state index < -0.39 is 5.97 Å². The lowest BCUT2D eigenvalue weighted by molar-refractivity contribution is -0.203. The van der Waals surface area contributed by atoms with Gasteiger partial charge in [0.25, 0.3) is 0 Å². The third-order valence-electron chi connectivity index (χ3n) is 15.7. The largest absolute Gasteiger partial charge is 0.481 e. The molecule has 0 saturated heterocycles. The monoisotopic (exact) mass is 640 g/mol. The molecule has 0 radical (unpaired) electrons. The molecule has 5 heteroatoms. The van der Waals surface area contributed by atoms with Gasteiger partial charge >= 0.3 is 5.97 Å². The Morgan fingerprint density at radius 3 is 2.09 bits per heavy atom. The molecule has 0 aromatic carbocycles. The first-order chi connectivity index (χ1) is 21.5. The van der Waals surface area contributed by atoms with Gasteiger partial charge in [0.1, 0.15) is 0 Å². The average molecular weight is 640 g/mol. The molecule has 2 unspecified atom stereocenters. The number of hydrogen-bond acceptors (Lipinski definition) is 3. The number of fused-ring (bicyclic) bond motifs is 7. The summed E-state index contributed by atoms with van der Waals surface area (Å²) < 4.78 is 0. The number of aliphatic hydroxyl groups is 1. The molecule has 0 heterocycles. The van der Waals surface area contributed by atoms with Gasteiger partial charge in [-0.25, -0.2) is 0 Å². The van der Waals surface area contributed by atoms with E-state index in [1.165, 1.54) is 32.1 Å². The van der Waals surface area contributed by atoms with Gasteiger partial charge < -0.3 is 15.5 Å². The first kappa shape index (κ1) is 35.9. The van der Waals surface area contributed by atoms with Gasteiger partial charge in [0.2, 0.25) is 5.91 Å². The number of amides is 1. The van der Waals surface area contributed by atoms with Crippen molar-refractivity contribution in [2.45, 2.75) is 177 Å². The van der Waals surface area contributed by atoms with Crippen molar-refractivity contribution < 1.29 is 19.8 Å². The minimum atomic E-state index is -0.687. The molecule has 8 atom stereocenters. The van der Waals surface area contributed by atoms with Gasteiger partial charge in [-0.2, -0.15) is 0 Å². The van der Waals surface area contributed by atoms with Gasteiger partial charge in [-0.3, -0.25) is 9.59 Å². The van der Waals surface area contributed by atoms with Crippen molar-refractivity contribution in [2.75, 3.05) is 6.54 Å². The fourth-order valence-electron chi connectivity index (χ4n) is 12.5. The Morgan fingerprint density at radius 2 is 1.41 bits per heavy atom. The normalized spacial score (nSPS) is 40.8. The van der Waals surface area contributed by atoms with E-state index in [9.17, 15) is 14.7 Å². The molecule has 4 fully saturated rings. The van der Waals surface area contributed by atoms with Crippen molar-refractivity contribution in [3.63, 3.8) is 0 Å². The Morgan fingerprint density at radius 1 is 0.783 bits per heavy atom. The molecule has 5 rings (SSSR count). The minimum absolute atomic E-state index is 0.0320. The molecule has 0 spiro atoms. The van der Waals surface area contributed by atoms with Crippen LogP contribution in [-0.4, -0.2) is 34.7 Å². The minimum Gasteiger partial charge on any atom is -0.481 e. The number of carbonyl (C=O) groups is 2. The van der Waals surface area contributed by atoms with E-state index in [2.05, 4.69) is 59.9 Å². The average Bonchev–Trinajstić information content (AvgIpc) is 2.98. The van der Waals surface area contributed by atoms with Crippen molar-refractivity contribution in [3.05, 3.63) is 11.6 Å². The Balaban J connectivity index is 1.26. The lowest BCUT2D eigenvalue weighted by Crippen LogP contribution is -2.65. The molecule has 5 aliphatic carbocycles. The number of carbonyl (C=O) groups excluding carboxylic acids is 1. The van der Waals surface area contributed by atoms with Gasteiger partial charge in [-0.1, -0.05) is 98.6 Å². The molecular formula is C41H69NO4. The zero-order valence-electron chi connectivity index (χ0n) is 30.7. The van der Waals surface area contributed by atoms with Gasteiger partial charge in [0.05, 0.1) is 11.5 Å².